The molecule has 0 aliphatic rings. The summed E-state index contributed by atoms with van der Waals surface area (Å²) in [6, 6.07) is 9.41. The molecule has 0 aliphatic carbocycles. The topological polar surface area (TPSA) is 165 Å². The summed E-state index contributed by atoms with van der Waals surface area (Å²) in [6.07, 6.45) is 0. The first-order chi connectivity index (χ1) is 14.8. The molecule has 4 N–H and O–H groups in total. The van der Waals surface area contributed by atoms with Crippen LogP contribution in [0.5, 0.6) is 0 Å². The summed E-state index contributed by atoms with van der Waals surface area (Å²) < 4.78 is 5.98. The number of rotatable bonds is 5. The number of aromatic nitrogens is 3. The fourth-order valence-corrected chi connectivity index (χ4v) is 3.70. The second kappa shape index (κ2) is 8.73. The number of aromatic amines is 1. The van der Waals surface area contributed by atoms with E-state index in [0.717, 1.165) is 22.9 Å². The molecule has 3 aromatic rings. The lowest BCUT2D eigenvalue weighted by Gasteiger charge is -2.10. The van der Waals surface area contributed by atoms with E-state index < -0.39 is 5.63 Å². The van der Waals surface area contributed by atoms with Crippen molar-refractivity contribution >= 4 is 29.2 Å². The minimum Gasteiger partial charge on any atom is -0.383 e. The van der Waals surface area contributed by atoms with Crippen molar-refractivity contribution in [2.75, 3.05) is 16.8 Å². The van der Waals surface area contributed by atoms with Crippen LogP contribution in [0.1, 0.15) is 22.3 Å². The fraction of sp³-hybridized carbons (Fsp3) is 0.200. The first kappa shape index (κ1) is 21.6. The molecule has 0 fully saturated rings. The molecule has 0 aliphatic heterocycles. The van der Waals surface area contributed by atoms with Crippen molar-refractivity contribution in [2.45, 2.75) is 18.9 Å². The van der Waals surface area contributed by atoms with Crippen LogP contribution in [0.25, 0.3) is 11.3 Å². The molecule has 2 aromatic heterocycles. The molecule has 2 heterocycles. The molecule has 0 saturated heterocycles. The zero-order chi connectivity index (χ0) is 22.7. The first-order valence-corrected chi connectivity index (χ1v) is 9.96. The number of hydrogen-bond acceptors (Lipinski definition) is 8. The van der Waals surface area contributed by atoms with Gasteiger partial charge in [0.05, 0.1) is 11.3 Å². The van der Waals surface area contributed by atoms with Gasteiger partial charge in [-0.2, -0.15) is 10.5 Å². The molecule has 156 valence electrons. The van der Waals surface area contributed by atoms with Crippen molar-refractivity contribution in [1.82, 2.24) is 10.3 Å². The average Bonchev–Trinajstić information content (AvgIpc) is 3.06. The number of nitrogens with zero attached hydrogens (tertiary/aromatic N) is 4. The maximum Gasteiger partial charge on any atom is 0.435 e. The zero-order valence-corrected chi connectivity index (χ0v) is 17.8. The van der Waals surface area contributed by atoms with Crippen molar-refractivity contribution in [3.63, 3.8) is 0 Å². The Bertz CT molecular complexity index is 1330. The number of hydrogen-bond donors (Lipinski definition) is 3. The van der Waals surface area contributed by atoms with Crippen molar-refractivity contribution in [3.05, 3.63) is 50.9 Å². The lowest BCUT2D eigenvalue weighted by Crippen LogP contribution is -2.34. The number of amides is 1. The third-order valence-electron chi connectivity index (χ3n) is 4.59. The van der Waals surface area contributed by atoms with Crippen LogP contribution in [-0.2, 0) is 11.8 Å². The van der Waals surface area contributed by atoms with E-state index in [2.05, 4.69) is 15.6 Å². The summed E-state index contributed by atoms with van der Waals surface area (Å²) in [5, 5.41) is 24.5. The molecule has 0 radical (unpaired) electrons. The molecule has 3 rings (SSSR count). The largest absolute Gasteiger partial charge is 0.435 e. The minimum atomic E-state index is -0.774. The minimum absolute atomic E-state index is 0.00654. The van der Waals surface area contributed by atoms with Gasteiger partial charge in [-0.05, 0) is 42.4 Å². The normalized spacial score (nSPS) is 10.4. The van der Waals surface area contributed by atoms with Gasteiger partial charge in [0, 0.05) is 5.69 Å². The highest BCUT2D eigenvalue weighted by Crippen LogP contribution is 2.33. The number of benzene rings is 1. The van der Waals surface area contributed by atoms with Crippen LogP contribution >= 0.6 is 11.8 Å². The van der Waals surface area contributed by atoms with Crippen LogP contribution in [0.15, 0.2) is 32.5 Å². The van der Waals surface area contributed by atoms with Crippen molar-refractivity contribution in [1.29, 1.82) is 10.5 Å². The number of anilines is 2. The predicted octanol–water partition coefficient (Wildman–Crippen LogP) is 1.53. The maximum absolute atomic E-state index is 12.4. The highest BCUT2D eigenvalue weighted by Gasteiger charge is 2.31. The number of H-pyrrole nitrogens is 1. The van der Waals surface area contributed by atoms with Gasteiger partial charge in [0.1, 0.15) is 34.1 Å². The highest BCUT2D eigenvalue weighted by atomic mass is 32.2. The van der Waals surface area contributed by atoms with Crippen molar-refractivity contribution in [3.8, 4) is 23.4 Å². The van der Waals surface area contributed by atoms with E-state index >= 15 is 0 Å². The van der Waals surface area contributed by atoms with Gasteiger partial charge in [0.25, 0.3) is 0 Å². The molecule has 0 spiro atoms. The van der Waals surface area contributed by atoms with E-state index in [1.807, 2.05) is 38.1 Å². The number of nitrogen functional groups attached to an aromatic ring is 1. The Morgan fingerprint density at radius 3 is 2.58 bits per heavy atom. The maximum atomic E-state index is 12.4. The standard InChI is InChI=1S/C20H17N7O3S/c1-10-4-5-12(6-11(10)2)24-15(28)9-31-19-14(8-22)16(13(7-21)18(23)25-19)17-20(29)30-26-27(17)3/h4-6H,9H2,1-3H3,(H3-,23,24,25,26,28,29)/p+1. The van der Waals surface area contributed by atoms with Crippen LogP contribution < -0.4 is 21.4 Å². The van der Waals surface area contributed by atoms with Crippen LogP contribution in [-0.4, -0.2) is 21.9 Å². The molecular formula is C20H18N7O3S+. The van der Waals surface area contributed by atoms with E-state index in [0.29, 0.717) is 5.69 Å². The molecule has 10 nitrogen and oxygen atoms in total. The molecule has 0 unspecified atom stereocenters. The van der Waals surface area contributed by atoms with Gasteiger partial charge in [0.2, 0.25) is 5.91 Å². The van der Waals surface area contributed by atoms with Crippen molar-refractivity contribution < 1.29 is 14.0 Å². The molecule has 1 amide bonds. The Balaban J connectivity index is 1.94. The summed E-state index contributed by atoms with van der Waals surface area (Å²) in [5.74, 6) is -0.530. The number of nitrogens with two attached hydrogens (primary N) is 1. The summed E-state index contributed by atoms with van der Waals surface area (Å²) in [4.78, 5) is 28.7. The lowest BCUT2D eigenvalue weighted by molar-refractivity contribution is -0.730. The third kappa shape index (κ3) is 4.27. The van der Waals surface area contributed by atoms with Gasteiger partial charge >= 0.3 is 11.3 Å². The van der Waals surface area contributed by atoms with Crippen LogP contribution in [0, 0.1) is 36.5 Å². The summed E-state index contributed by atoms with van der Waals surface area (Å²) in [7, 11) is 1.49. The second-order valence-corrected chi connectivity index (χ2v) is 7.64. The van der Waals surface area contributed by atoms with E-state index in [-0.39, 0.29) is 44.9 Å². The smallest absolute Gasteiger partial charge is 0.383 e. The number of carbonyl (C=O) groups excluding carboxylic acids is 1. The van der Waals surface area contributed by atoms with E-state index in [4.69, 9.17) is 10.3 Å². The number of nitrogens with one attached hydrogen (secondary N) is 2. The monoisotopic (exact) mass is 436 g/mol. The number of pyridine rings is 1. The van der Waals surface area contributed by atoms with Gasteiger partial charge < -0.3 is 11.1 Å². The lowest BCUT2D eigenvalue weighted by atomic mass is 10.0. The van der Waals surface area contributed by atoms with E-state index in [9.17, 15) is 20.1 Å². The zero-order valence-electron chi connectivity index (χ0n) is 16.9. The first-order valence-electron chi connectivity index (χ1n) is 8.98. The molecule has 11 heteroatoms. The van der Waals surface area contributed by atoms with Crippen LogP contribution in [0.2, 0.25) is 0 Å². The second-order valence-electron chi connectivity index (χ2n) is 6.68. The Morgan fingerprint density at radius 2 is 2.00 bits per heavy atom. The Morgan fingerprint density at radius 1 is 1.29 bits per heavy atom. The van der Waals surface area contributed by atoms with Gasteiger partial charge in [-0.3, -0.25) is 9.32 Å². The van der Waals surface area contributed by atoms with Crippen LogP contribution in [0.3, 0.4) is 0 Å². The molecular weight excluding hydrogens is 418 g/mol. The molecule has 0 atom stereocenters. The fourth-order valence-electron chi connectivity index (χ4n) is 2.90. The van der Waals surface area contributed by atoms with Gasteiger partial charge in [-0.25, -0.2) is 9.78 Å². The third-order valence-corrected chi connectivity index (χ3v) is 5.56. The molecule has 0 saturated carbocycles. The molecule has 0 bridgehead atoms. The highest BCUT2D eigenvalue weighted by molar-refractivity contribution is 8.00. The van der Waals surface area contributed by atoms with E-state index in [1.54, 1.807) is 6.07 Å². The average molecular weight is 436 g/mol. The summed E-state index contributed by atoms with van der Waals surface area (Å²) in [6.45, 7) is 3.92. The molecule has 1 aromatic carbocycles. The van der Waals surface area contributed by atoms with Crippen molar-refractivity contribution in [2.24, 2.45) is 7.05 Å². The SMILES string of the molecule is Cc1ccc(NC(=O)CSc2nc(N)c(C#N)c(-c3c(=O)o[nH][n+]3C)c2C#N)cc1C. The quantitative estimate of drug-likeness (QED) is 0.400. The number of thioether (sulfide) groups is 1. The number of aryl methyl sites for hydroxylation is 3. The van der Waals surface area contributed by atoms with Gasteiger partial charge in [0.15, 0.2) is 7.05 Å². The number of carbonyl (C=O) groups is 1. The Labute approximate surface area is 181 Å². The summed E-state index contributed by atoms with van der Waals surface area (Å²) in [5.41, 5.74) is 7.73. The summed E-state index contributed by atoms with van der Waals surface area (Å²) >= 11 is 0.976. The van der Waals surface area contributed by atoms with Gasteiger partial charge in [-0.15, -0.1) is 0 Å². The molecule has 31 heavy (non-hydrogen) atoms. The van der Waals surface area contributed by atoms with Gasteiger partial charge in [-0.1, -0.05) is 22.5 Å². The predicted molar refractivity (Wildman–Crippen MR) is 113 cm³/mol. The van der Waals surface area contributed by atoms with E-state index in [1.165, 1.54) is 11.7 Å². The Kier molecular flexibility index (Phi) is 6.09. The number of nitriles is 2. The van der Waals surface area contributed by atoms with Crippen LogP contribution in [0.4, 0.5) is 11.5 Å². The Hall–Kier alpha value is -4.09.